The standard InChI is InChI=1S/C12H22N2O3/c1-7(2)11(16)10(14-9(5)15)6-13-12(17)8(3)4/h7-8,10H,6H2,1-5H3,(H,13,17)(H,14,15)/t10-/m0/s1. The van der Waals surface area contributed by atoms with Gasteiger partial charge in [0.05, 0.1) is 0 Å². The second kappa shape index (κ2) is 7.04. The van der Waals surface area contributed by atoms with Crippen molar-refractivity contribution in [1.29, 1.82) is 0 Å². The van der Waals surface area contributed by atoms with Gasteiger partial charge >= 0.3 is 0 Å². The lowest BCUT2D eigenvalue weighted by atomic mass is 10.0. The SMILES string of the molecule is CC(=O)N[C@@H](CNC(=O)C(C)C)C(=O)C(C)C. The first-order chi connectivity index (χ1) is 7.75. The molecule has 0 aliphatic carbocycles. The van der Waals surface area contributed by atoms with Crippen molar-refractivity contribution in [2.75, 3.05) is 6.54 Å². The average molecular weight is 242 g/mol. The molecule has 0 aromatic rings. The molecule has 0 aromatic carbocycles. The van der Waals surface area contributed by atoms with E-state index in [0.717, 1.165) is 0 Å². The van der Waals surface area contributed by atoms with Gasteiger partial charge in [-0.25, -0.2) is 0 Å². The summed E-state index contributed by atoms with van der Waals surface area (Å²) in [4.78, 5) is 34.2. The molecule has 0 heterocycles. The molecule has 0 unspecified atom stereocenters. The third kappa shape index (κ3) is 6.04. The maximum Gasteiger partial charge on any atom is 0.222 e. The molecule has 0 fully saturated rings. The lowest BCUT2D eigenvalue weighted by Crippen LogP contribution is -2.49. The van der Waals surface area contributed by atoms with Crippen molar-refractivity contribution < 1.29 is 14.4 Å². The van der Waals surface area contributed by atoms with Crippen LogP contribution in [0.1, 0.15) is 34.6 Å². The highest BCUT2D eigenvalue weighted by molar-refractivity contribution is 5.90. The summed E-state index contributed by atoms with van der Waals surface area (Å²) in [7, 11) is 0. The third-order valence-electron chi connectivity index (χ3n) is 2.29. The minimum atomic E-state index is -0.643. The molecule has 5 heteroatoms. The molecule has 0 aliphatic rings. The molecule has 0 rings (SSSR count). The minimum Gasteiger partial charge on any atom is -0.353 e. The topological polar surface area (TPSA) is 75.3 Å². The van der Waals surface area contributed by atoms with Crippen molar-refractivity contribution in [2.24, 2.45) is 11.8 Å². The van der Waals surface area contributed by atoms with Gasteiger partial charge in [0, 0.05) is 25.3 Å². The molecule has 0 spiro atoms. The molecule has 5 nitrogen and oxygen atoms in total. The van der Waals surface area contributed by atoms with E-state index in [4.69, 9.17) is 0 Å². The van der Waals surface area contributed by atoms with Crippen molar-refractivity contribution >= 4 is 17.6 Å². The van der Waals surface area contributed by atoms with E-state index >= 15 is 0 Å². The fraction of sp³-hybridized carbons (Fsp3) is 0.750. The van der Waals surface area contributed by atoms with E-state index in [1.54, 1.807) is 27.7 Å². The van der Waals surface area contributed by atoms with Crippen molar-refractivity contribution in [3.8, 4) is 0 Å². The number of carbonyl (C=O) groups is 3. The number of Topliss-reactive ketones (excluding diaryl/α,β-unsaturated/α-hetero) is 1. The number of amides is 2. The first kappa shape index (κ1) is 15.6. The summed E-state index contributed by atoms with van der Waals surface area (Å²) < 4.78 is 0. The van der Waals surface area contributed by atoms with Gasteiger partial charge in [-0.1, -0.05) is 27.7 Å². The van der Waals surface area contributed by atoms with Crippen molar-refractivity contribution in [1.82, 2.24) is 10.6 Å². The van der Waals surface area contributed by atoms with Gasteiger partial charge in [0.15, 0.2) is 5.78 Å². The van der Waals surface area contributed by atoms with Crippen molar-refractivity contribution in [2.45, 2.75) is 40.7 Å². The molecule has 2 amide bonds. The summed E-state index contributed by atoms with van der Waals surface area (Å²) in [6.07, 6.45) is 0. The third-order valence-corrected chi connectivity index (χ3v) is 2.29. The number of hydrogen-bond donors (Lipinski definition) is 2. The van der Waals surface area contributed by atoms with Gasteiger partial charge in [0.25, 0.3) is 0 Å². The summed E-state index contributed by atoms with van der Waals surface area (Å²) in [6.45, 7) is 8.57. The Hall–Kier alpha value is -1.39. The average Bonchev–Trinajstić information content (AvgIpc) is 2.21. The normalized spacial score (nSPS) is 12.4. The van der Waals surface area contributed by atoms with Crippen LogP contribution in [0.2, 0.25) is 0 Å². The van der Waals surface area contributed by atoms with Crippen LogP contribution < -0.4 is 10.6 Å². The summed E-state index contributed by atoms with van der Waals surface area (Å²) in [5.74, 6) is -0.797. The zero-order chi connectivity index (χ0) is 13.6. The number of hydrogen-bond acceptors (Lipinski definition) is 3. The van der Waals surface area contributed by atoms with Crippen LogP contribution in [-0.4, -0.2) is 30.2 Å². The van der Waals surface area contributed by atoms with Gasteiger partial charge in [-0.15, -0.1) is 0 Å². The van der Waals surface area contributed by atoms with Crippen molar-refractivity contribution in [3.63, 3.8) is 0 Å². The Morgan fingerprint density at radius 1 is 1.00 bits per heavy atom. The molecule has 0 radical (unpaired) electrons. The molecule has 0 bridgehead atoms. The van der Waals surface area contributed by atoms with E-state index in [0.29, 0.717) is 0 Å². The zero-order valence-corrected chi connectivity index (χ0v) is 11.2. The van der Waals surface area contributed by atoms with Gasteiger partial charge in [0.1, 0.15) is 6.04 Å². The van der Waals surface area contributed by atoms with Crippen LogP contribution in [0, 0.1) is 11.8 Å². The molecule has 0 saturated heterocycles. The molecule has 2 N–H and O–H groups in total. The molecular formula is C12H22N2O3. The van der Waals surface area contributed by atoms with Crippen LogP contribution >= 0.6 is 0 Å². The fourth-order valence-electron chi connectivity index (χ4n) is 1.28. The molecule has 0 aliphatic heterocycles. The van der Waals surface area contributed by atoms with E-state index in [1.165, 1.54) is 6.92 Å². The summed E-state index contributed by atoms with van der Waals surface area (Å²) in [6, 6.07) is -0.643. The van der Waals surface area contributed by atoms with E-state index in [-0.39, 0.29) is 36.0 Å². The Morgan fingerprint density at radius 3 is 1.88 bits per heavy atom. The largest absolute Gasteiger partial charge is 0.353 e. The Kier molecular flexibility index (Phi) is 6.46. The molecule has 1 atom stereocenters. The van der Waals surface area contributed by atoms with E-state index in [1.807, 2.05) is 0 Å². The summed E-state index contributed by atoms with van der Waals surface area (Å²) >= 11 is 0. The van der Waals surface area contributed by atoms with E-state index < -0.39 is 6.04 Å². The maximum atomic E-state index is 11.8. The number of rotatable bonds is 6. The molecule has 17 heavy (non-hydrogen) atoms. The highest BCUT2D eigenvalue weighted by Gasteiger charge is 2.22. The van der Waals surface area contributed by atoms with Crippen LogP contribution in [0.25, 0.3) is 0 Å². The highest BCUT2D eigenvalue weighted by atomic mass is 16.2. The van der Waals surface area contributed by atoms with Gasteiger partial charge < -0.3 is 10.6 Å². The van der Waals surface area contributed by atoms with Gasteiger partial charge in [-0.05, 0) is 0 Å². The monoisotopic (exact) mass is 242 g/mol. The highest BCUT2D eigenvalue weighted by Crippen LogP contribution is 2.00. The predicted molar refractivity (Wildman–Crippen MR) is 65.3 cm³/mol. The van der Waals surface area contributed by atoms with Crippen LogP contribution in [-0.2, 0) is 14.4 Å². The Labute approximate surface area is 102 Å². The van der Waals surface area contributed by atoms with Crippen LogP contribution in [0.4, 0.5) is 0 Å². The van der Waals surface area contributed by atoms with Crippen LogP contribution in [0.15, 0.2) is 0 Å². The molecule has 0 saturated carbocycles. The molecular weight excluding hydrogens is 220 g/mol. The Balaban J connectivity index is 4.45. The fourth-order valence-corrected chi connectivity index (χ4v) is 1.28. The number of carbonyl (C=O) groups excluding carboxylic acids is 3. The van der Waals surface area contributed by atoms with Crippen LogP contribution in [0.5, 0.6) is 0 Å². The van der Waals surface area contributed by atoms with E-state index in [9.17, 15) is 14.4 Å². The predicted octanol–water partition coefficient (Wildman–Crippen LogP) is 0.488. The zero-order valence-electron chi connectivity index (χ0n) is 11.2. The first-order valence-electron chi connectivity index (χ1n) is 5.84. The second-order valence-corrected chi connectivity index (χ2v) is 4.71. The quantitative estimate of drug-likeness (QED) is 0.711. The Morgan fingerprint density at radius 2 is 1.53 bits per heavy atom. The minimum absolute atomic E-state index is 0.0794. The van der Waals surface area contributed by atoms with Gasteiger partial charge in [0.2, 0.25) is 11.8 Å². The van der Waals surface area contributed by atoms with Crippen LogP contribution in [0.3, 0.4) is 0 Å². The lowest BCUT2D eigenvalue weighted by Gasteiger charge is -2.19. The molecule has 98 valence electrons. The first-order valence-corrected chi connectivity index (χ1v) is 5.84. The second-order valence-electron chi connectivity index (χ2n) is 4.71. The van der Waals surface area contributed by atoms with Gasteiger partial charge in [-0.2, -0.15) is 0 Å². The number of ketones is 1. The van der Waals surface area contributed by atoms with E-state index in [2.05, 4.69) is 10.6 Å². The molecule has 0 aromatic heterocycles. The smallest absolute Gasteiger partial charge is 0.222 e. The van der Waals surface area contributed by atoms with Crippen molar-refractivity contribution in [3.05, 3.63) is 0 Å². The summed E-state index contributed by atoms with van der Waals surface area (Å²) in [5, 5.41) is 5.20. The lowest BCUT2D eigenvalue weighted by molar-refractivity contribution is -0.129. The maximum absolute atomic E-state index is 11.8. The summed E-state index contributed by atoms with van der Waals surface area (Å²) in [5.41, 5.74) is 0. The van der Waals surface area contributed by atoms with Gasteiger partial charge in [-0.3, -0.25) is 14.4 Å². The Bertz CT molecular complexity index is 298. The number of nitrogens with one attached hydrogen (secondary N) is 2.